The first-order valence-corrected chi connectivity index (χ1v) is 5.67. The first kappa shape index (κ1) is 12.3. The topological polar surface area (TPSA) is 111 Å². The Hall–Kier alpha value is -2.15. The molecule has 0 unspecified atom stereocenters. The fraction of sp³-hybridized carbons (Fsp3) is 0.364. The minimum Gasteiger partial charge on any atom is -0.393 e. The van der Waals surface area contributed by atoms with Crippen molar-refractivity contribution in [1.82, 2.24) is 4.90 Å². The monoisotopic (exact) mass is 249 g/mol. The van der Waals surface area contributed by atoms with Gasteiger partial charge in [0.1, 0.15) is 11.5 Å². The van der Waals surface area contributed by atoms with Crippen molar-refractivity contribution < 1.29 is 4.92 Å². The lowest BCUT2D eigenvalue weighted by atomic mass is 10.1. The zero-order valence-electron chi connectivity index (χ0n) is 9.87. The molecule has 1 heterocycles. The third-order valence-corrected chi connectivity index (χ3v) is 2.82. The normalized spacial score (nSPS) is 14.7. The number of hydrogen-bond donors (Lipinski definition) is 2. The molecule has 1 aromatic carbocycles. The number of nitro benzene ring substituents is 1. The Morgan fingerprint density at radius 3 is 2.94 bits per heavy atom. The molecule has 96 valence electrons. The van der Waals surface area contributed by atoms with Crippen molar-refractivity contribution >= 4 is 17.2 Å². The van der Waals surface area contributed by atoms with Gasteiger partial charge in [-0.3, -0.25) is 15.1 Å². The zero-order chi connectivity index (χ0) is 13.1. The van der Waals surface area contributed by atoms with E-state index in [1.165, 1.54) is 12.1 Å². The molecular weight excluding hydrogens is 234 g/mol. The van der Waals surface area contributed by atoms with Crippen LogP contribution in [0.3, 0.4) is 0 Å². The smallest absolute Gasteiger partial charge is 0.292 e. The van der Waals surface area contributed by atoms with Crippen LogP contribution >= 0.6 is 0 Å². The van der Waals surface area contributed by atoms with Gasteiger partial charge in [-0.15, -0.1) is 0 Å². The summed E-state index contributed by atoms with van der Waals surface area (Å²) >= 11 is 0. The van der Waals surface area contributed by atoms with Gasteiger partial charge >= 0.3 is 0 Å². The van der Waals surface area contributed by atoms with Crippen LogP contribution in [0.5, 0.6) is 0 Å². The molecule has 0 spiro atoms. The van der Waals surface area contributed by atoms with E-state index < -0.39 is 4.92 Å². The van der Waals surface area contributed by atoms with Crippen LogP contribution in [0.1, 0.15) is 5.56 Å². The summed E-state index contributed by atoms with van der Waals surface area (Å²) in [5.74, 6) is 0.753. The van der Waals surface area contributed by atoms with Crippen LogP contribution in [0.25, 0.3) is 0 Å². The molecule has 0 amide bonds. The molecule has 0 radical (unpaired) electrons. The molecule has 4 N–H and O–H groups in total. The Labute approximate surface area is 104 Å². The van der Waals surface area contributed by atoms with Gasteiger partial charge in [0.25, 0.3) is 5.69 Å². The van der Waals surface area contributed by atoms with E-state index in [0.717, 1.165) is 12.4 Å². The van der Waals surface area contributed by atoms with Crippen molar-refractivity contribution in [2.24, 2.45) is 10.7 Å². The minimum atomic E-state index is -0.485. The van der Waals surface area contributed by atoms with Gasteiger partial charge in [0.05, 0.1) is 11.5 Å². The second-order valence-corrected chi connectivity index (χ2v) is 4.01. The molecular formula is C11H15N5O2. The van der Waals surface area contributed by atoms with Crippen LogP contribution < -0.4 is 11.5 Å². The summed E-state index contributed by atoms with van der Waals surface area (Å²) in [5, 5.41) is 10.8. The predicted octanol–water partition coefficient (Wildman–Crippen LogP) is 0.198. The second kappa shape index (κ2) is 5.01. The largest absolute Gasteiger partial charge is 0.393 e. The van der Waals surface area contributed by atoms with Crippen molar-refractivity contribution in [3.8, 4) is 0 Å². The van der Waals surface area contributed by atoms with Crippen molar-refractivity contribution in [1.29, 1.82) is 0 Å². The highest BCUT2D eigenvalue weighted by Crippen LogP contribution is 2.24. The summed E-state index contributed by atoms with van der Waals surface area (Å²) in [6.45, 7) is 2.70. The molecule has 0 saturated heterocycles. The Morgan fingerprint density at radius 1 is 1.50 bits per heavy atom. The lowest BCUT2D eigenvalue weighted by Crippen LogP contribution is -2.33. The molecule has 18 heavy (non-hydrogen) atoms. The number of aliphatic imine (C=N–C) groups is 1. The van der Waals surface area contributed by atoms with E-state index >= 15 is 0 Å². The fourth-order valence-corrected chi connectivity index (χ4v) is 1.97. The van der Waals surface area contributed by atoms with E-state index in [1.807, 2.05) is 4.90 Å². The van der Waals surface area contributed by atoms with Crippen molar-refractivity contribution in [3.05, 3.63) is 33.9 Å². The number of amidine groups is 1. The summed E-state index contributed by atoms with van der Waals surface area (Å²) in [6, 6.07) is 4.74. The number of anilines is 1. The van der Waals surface area contributed by atoms with Crippen LogP contribution in [0.2, 0.25) is 0 Å². The first-order valence-electron chi connectivity index (χ1n) is 5.67. The molecule has 0 atom stereocenters. The van der Waals surface area contributed by atoms with E-state index in [4.69, 9.17) is 11.5 Å². The second-order valence-electron chi connectivity index (χ2n) is 4.01. The number of rotatable bonds is 4. The van der Waals surface area contributed by atoms with Crippen LogP contribution in [-0.2, 0) is 0 Å². The summed E-state index contributed by atoms with van der Waals surface area (Å²) in [7, 11) is 0. The zero-order valence-corrected chi connectivity index (χ0v) is 9.87. The van der Waals surface area contributed by atoms with Crippen molar-refractivity contribution in [2.75, 3.05) is 31.9 Å². The fourth-order valence-electron chi connectivity index (χ4n) is 1.97. The summed E-state index contributed by atoms with van der Waals surface area (Å²) in [6.07, 6.45) is 0. The maximum Gasteiger partial charge on any atom is 0.292 e. The SMILES string of the molecule is NCCN1CCN=C1c1ccc(N)c([N+](=O)[O-])c1. The van der Waals surface area contributed by atoms with Gasteiger partial charge in [-0.25, -0.2) is 0 Å². The highest BCUT2D eigenvalue weighted by atomic mass is 16.6. The number of nitrogens with two attached hydrogens (primary N) is 2. The Morgan fingerprint density at radius 2 is 2.28 bits per heavy atom. The number of nitro groups is 1. The van der Waals surface area contributed by atoms with Gasteiger partial charge in [0.2, 0.25) is 0 Å². The quantitative estimate of drug-likeness (QED) is 0.450. The highest BCUT2D eigenvalue weighted by Gasteiger charge is 2.21. The summed E-state index contributed by atoms with van der Waals surface area (Å²) < 4.78 is 0. The number of benzene rings is 1. The van der Waals surface area contributed by atoms with Gasteiger partial charge in [-0.1, -0.05) is 0 Å². The molecule has 0 aromatic heterocycles. The average Bonchev–Trinajstić information content (AvgIpc) is 2.78. The van der Waals surface area contributed by atoms with E-state index in [-0.39, 0.29) is 11.4 Å². The summed E-state index contributed by atoms with van der Waals surface area (Å²) in [4.78, 5) is 16.7. The Balaban J connectivity index is 2.34. The van der Waals surface area contributed by atoms with E-state index in [9.17, 15) is 10.1 Å². The van der Waals surface area contributed by atoms with E-state index in [0.29, 0.717) is 25.2 Å². The first-order chi connectivity index (χ1) is 8.63. The molecule has 0 bridgehead atoms. The standard InChI is InChI=1S/C11H15N5O2/c12-3-5-15-6-4-14-11(15)8-1-2-9(13)10(7-8)16(17)18/h1-2,7H,3-6,12-13H2. The molecule has 0 aliphatic carbocycles. The van der Waals surface area contributed by atoms with E-state index in [1.54, 1.807) is 6.07 Å². The lowest BCUT2D eigenvalue weighted by Gasteiger charge is -2.19. The number of hydrogen-bond acceptors (Lipinski definition) is 6. The molecule has 0 saturated carbocycles. The van der Waals surface area contributed by atoms with Crippen LogP contribution in [-0.4, -0.2) is 41.8 Å². The van der Waals surface area contributed by atoms with Gasteiger partial charge in [0, 0.05) is 31.3 Å². The van der Waals surface area contributed by atoms with Crippen molar-refractivity contribution in [3.63, 3.8) is 0 Å². The molecule has 1 aromatic rings. The minimum absolute atomic E-state index is 0.0881. The Kier molecular flexibility index (Phi) is 3.42. The van der Waals surface area contributed by atoms with Gasteiger partial charge in [-0.05, 0) is 12.1 Å². The van der Waals surface area contributed by atoms with Crippen LogP contribution in [0.15, 0.2) is 23.2 Å². The van der Waals surface area contributed by atoms with E-state index in [2.05, 4.69) is 4.99 Å². The Bertz CT molecular complexity index is 500. The van der Waals surface area contributed by atoms with Gasteiger partial charge in [0.15, 0.2) is 0 Å². The average molecular weight is 249 g/mol. The third kappa shape index (κ3) is 2.25. The molecule has 1 aliphatic rings. The number of nitrogen functional groups attached to an aromatic ring is 1. The maximum absolute atomic E-state index is 10.8. The van der Waals surface area contributed by atoms with Gasteiger partial charge < -0.3 is 16.4 Å². The maximum atomic E-state index is 10.8. The molecule has 7 nitrogen and oxygen atoms in total. The predicted molar refractivity (Wildman–Crippen MR) is 69.5 cm³/mol. The molecule has 7 heteroatoms. The lowest BCUT2D eigenvalue weighted by molar-refractivity contribution is -0.383. The highest BCUT2D eigenvalue weighted by molar-refractivity contribution is 6.00. The van der Waals surface area contributed by atoms with Crippen LogP contribution in [0.4, 0.5) is 11.4 Å². The molecule has 2 rings (SSSR count). The third-order valence-electron chi connectivity index (χ3n) is 2.82. The molecule has 1 aliphatic heterocycles. The van der Waals surface area contributed by atoms with Crippen LogP contribution in [0, 0.1) is 10.1 Å². The number of nitrogens with zero attached hydrogens (tertiary/aromatic N) is 3. The van der Waals surface area contributed by atoms with Crippen molar-refractivity contribution in [2.45, 2.75) is 0 Å². The van der Waals surface area contributed by atoms with Gasteiger partial charge in [-0.2, -0.15) is 0 Å². The summed E-state index contributed by atoms with van der Waals surface area (Å²) in [5.41, 5.74) is 11.9. The molecule has 0 fully saturated rings.